The Balaban J connectivity index is 2.26. The molecule has 0 saturated carbocycles. The van der Waals surface area contributed by atoms with Gasteiger partial charge in [0, 0.05) is 23.8 Å². The Kier molecular flexibility index (Phi) is 3.71. The van der Waals surface area contributed by atoms with Crippen molar-refractivity contribution in [2.45, 2.75) is 13.3 Å². The van der Waals surface area contributed by atoms with Crippen LogP contribution in [-0.2, 0) is 4.79 Å². The summed E-state index contributed by atoms with van der Waals surface area (Å²) in [5.74, 6) is -1.31. The fourth-order valence-electron chi connectivity index (χ4n) is 1.78. The van der Waals surface area contributed by atoms with E-state index in [1.165, 1.54) is 0 Å². The van der Waals surface area contributed by atoms with Crippen molar-refractivity contribution < 1.29 is 14.7 Å². The summed E-state index contributed by atoms with van der Waals surface area (Å²) in [5.41, 5.74) is 1.53. The molecule has 0 fully saturated rings. The summed E-state index contributed by atoms with van der Waals surface area (Å²) in [5, 5.41) is 11.6. The van der Waals surface area contributed by atoms with Crippen LogP contribution in [-0.4, -0.2) is 32.9 Å². The van der Waals surface area contributed by atoms with Crippen LogP contribution in [0.25, 0.3) is 5.65 Å². The van der Waals surface area contributed by atoms with Gasteiger partial charge in [-0.05, 0) is 13.0 Å². The predicted molar refractivity (Wildman–Crippen MR) is 69.5 cm³/mol. The molecule has 0 saturated heterocycles. The first-order valence-electron chi connectivity index (χ1n) is 5.63. The second kappa shape index (κ2) is 5.27. The Bertz CT molecular complexity index is 651. The molecule has 0 unspecified atom stereocenters. The van der Waals surface area contributed by atoms with Crippen molar-refractivity contribution in [3.05, 3.63) is 34.7 Å². The number of carboxylic acid groups (broad SMARTS) is 1. The van der Waals surface area contributed by atoms with E-state index < -0.39 is 5.97 Å². The number of aromatic nitrogens is 2. The third-order valence-corrected chi connectivity index (χ3v) is 2.84. The molecule has 1 amide bonds. The summed E-state index contributed by atoms with van der Waals surface area (Å²) in [7, 11) is 0. The Hall–Kier alpha value is -2.08. The van der Waals surface area contributed by atoms with Crippen LogP contribution in [0.15, 0.2) is 18.3 Å². The maximum absolute atomic E-state index is 12.0. The number of nitrogens with zero attached hydrogens (tertiary/aromatic N) is 2. The summed E-state index contributed by atoms with van der Waals surface area (Å²) in [4.78, 5) is 26.6. The quantitative estimate of drug-likeness (QED) is 0.889. The van der Waals surface area contributed by atoms with E-state index in [9.17, 15) is 9.59 Å². The second-order valence-corrected chi connectivity index (χ2v) is 4.46. The maximum Gasteiger partial charge on any atom is 0.305 e. The summed E-state index contributed by atoms with van der Waals surface area (Å²) in [6.45, 7) is 1.79. The first-order valence-corrected chi connectivity index (χ1v) is 6.01. The highest BCUT2D eigenvalue weighted by atomic mass is 35.5. The van der Waals surface area contributed by atoms with Crippen LogP contribution >= 0.6 is 11.6 Å². The van der Waals surface area contributed by atoms with Crippen LogP contribution < -0.4 is 5.32 Å². The lowest BCUT2D eigenvalue weighted by Crippen LogP contribution is -2.27. The lowest BCUT2D eigenvalue weighted by atomic mass is 10.3. The fourth-order valence-corrected chi connectivity index (χ4v) is 1.93. The number of carbonyl (C=O) groups is 2. The van der Waals surface area contributed by atoms with Gasteiger partial charge in [0.1, 0.15) is 11.3 Å². The normalized spacial score (nSPS) is 10.6. The number of carboxylic acids is 1. The van der Waals surface area contributed by atoms with Crippen LogP contribution in [0.3, 0.4) is 0 Å². The number of halogens is 1. The lowest BCUT2D eigenvalue weighted by molar-refractivity contribution is -0.136. The number of pyridine rings is 1. The van der Waals surface area contributed by atoms with Crippen molar-refractivity contribution in [1.29, 1.82) is 0 Å². The Morgan fingerprint density at radius 1 is 1.53 bits per heavy atom. The molecule has 0 spiro atoms. The minimum absolute atomic E-state index is 0.0778. The molecule has 0 aliphatic rings. The van der Waals surface area contributed by atoms with Gasteiger partial charge < -0.3 is 10.4 Å². The topological polar surface area (TPSA) is 83.7 Å². The molecule has 2 rings (SSSR count). The fraction of sp³-hybridized carbons (Fsp3) is 0.250. The Morgan fingerprint density at radius 3 is 2.95 bits per heavy atom. The van der Waals surface area contributed by atoms with Gasteiger partial charge in [-0.15, -0.1) is 0 Å². The molecule has 2 heterocycles. The molecule has 0 bridgehead atoms. The highest BCUT2D eigenvalue weighted by molar-refractivity contribution is 6.30. The van der Waals surface area contributed by atoms with E-state index in [1.807, 2.05) is 0 Å². The number of carbonyl (C=O) groups excluding carboxylic acids is 1. The van der Waals surface area contributed by atoms with E-state index in [0.29, 0.717) is 22.1 Å². The first kappa shape index (κ1) is 13.4. The van der Waals surface area contributed by atoms with Crippen molar-refractivity contribution in [2.24, 2.45) is 0 Å². The maximum atomic E-state index is 12.0. The number of aryl methyl sites for hydroxylation is 1. The van der Waals surface area contributed by atoms with Crippen LogP contribution in [0.4, 0.5) is 0 Å². The number of hydrogen-bond donors (Lipinski definition) is 2. The molecule has 0 atom stereocenters. The van der Waals surface area contributed by atoms with Gasteiger partial charge in [0.05, 0.1) is 12.1 Å². The largest absolute Gasteiger partial charge is 0.481 e. The number of aliphatic carboxylic acids is 1. The molecule has 0 aromatic carbocycles. The molecule has 2 N–H and O–H groups in total. The lowest BCUT2D eigenvalue weighted by Gasteiger charge is -2.04. The van der Waals surface area contributed by atoms with Gasteiger partial charge in [-0.3, -0.25) is 14.0 Å². The van der Waals surface area contributed by atoms with E-state index in [4.69, 9.17) is 16.7 Å². The summed E-state index contributed by atoms with van der Waals surface area (Å²) in [6.07, 6.45) is 1.54. The van der Waals surface area contributed by atoms with Crippen molar-refractivity contribution in [2.75, 3.05) is 6.54 Å². The summed E-state index contributed by atoms with van der Waals surface area (Å²) >= 11 is 5.86. The first-order chi connectivity index (χ1) is 8.99. The molecule has 0 radical (unpaired) electrons. The number of imidazole rings is 1. The monoisotopic (exact) mass is 281 g/mol. The smallest absolute Gasteiger partial charge is 0.305 e. The summed E-state index contributed by atoms with van der Waals surface area (Å²) < 4.78 is 1.62. The SMILES string of the molecule is Cc1nc2cc(Cl)ccn2c1C(=O)NCCC(=O)O. The number of fused-ring (bicyclic) bond motifs is 1. The molecule has 100 valence electrons. The third-order valence-electron chi connectivity index (χ3n) is 2.60. The molecule has 7 heteroatoms. The highest BCUT2D eigenvalue weighted by Gasteiger charge is 2.16. The van der Waals surface area contributed by atoms with Crippen LogP contribution in [0.2, 0.25) is 5.02 Å². The van der Waals surface area contributed by atoms with Crippen molar-refractivity contribution in [3.63, 3.8) is 0 Å². The van der Waals surface area contributed by atoms with Crippen molar-refractivity contribution in [1.82, 2.24) is 14.7 Å². The van der Waals surface area contributed by atoms with E-state index in [0.717, 1.165) is 0 Å². The van der Waals surface area contributed by atoms with E-state index in [2.05, 4.69) is 10.3 Å². The third kappa shape index (κ3) is 2.85. The molecular formula is C12H12ClN3O3. The molecule has 6 nitrogen and oxygen atoms in total. The Morgan fingerprint density at radius 2 is 2.26 bits per heavy atom. The minimum atomic E-state index is -0.957. The average molecular weight is 282 g/mol. The number of rotatable bonds is 4. The number of amides is 1. The summed E-state index contributed by atoms with van der Waals surface area (Å²) in [6, 6.07) is 3.31. The van der Waals surface area contributed by atoms with E-state index in [1.54, 1.807) is 29.7 Å². The van der Waals surface area contributed by atoms with Crippen LogP contribution in [0.5, 0.6) is 0 Å². The number of hydrogen-bond acceptors (Lipinski definition) is 3. The molecule has 19 heavy (non-hydrogen) atoms. The molecule has 2 aromatic heterocycles. The van der Waals surface area contributed by atoms with Crippen molar-refractivity contribution in [3.8, 4) is 0 Å². The van der Waals surface area contributed by atoms with E-state index >= 15 is 0 Å². The number of nitrogens with one attached hydrogen (secondary N) is 1. The Labute approximate surface area is 114 Å². The van der Waals surface area contributed by atoms with Gasteiger partial charge in [0.2, 0.25) is 0 Å². The van der Waals surface area contributed by atoms with Gasteiger partial charge >= 0.3 is 5.97 Å². The van der Waals surface area contributed by atoms with Gasteiger partial charge in [-0.1, -0.05) is 11.6 Å². The minimum Gasteiger partial charge on any atom is -0.481 e. The van der Waals surface area contributed by atoms with Crippen LogP contribution in [0.1, 0.15) is 22.6 Å². The second-order valence-electron chi connectivity index (χ2n) is 4.02. The van der Waals surface area contributed by atoms with Crippen LogP contribution in [0, 0.1) is 6.92 Å². The van der Waals surface area contributed by atoms with Gasteiger partial charge in [-0.25, -0.2) is 4.98 Å². The molecule has 0 aliphatic heterocycles. The molecule has 2 aromatic rings. The zero-order chi connectivity index (χ0) is 14.0. The standard InChI is InChI=1S/C12H12ClN3O3/c1-7-11(12(19)14-4-2-10(17)18)16-5-3-8(13)6-9(16)15-7/h3,5-6H,2,4H2,1H3,(H,14,19)(H,17,18). The zero-order valence-electron chi connectivity index (χ0n) is 10.2. The van der Waals surface area contributed by atoms with Gasteiger partial charge in [0.25, 0.3) is 5.91 Å². The zero-order valence-corrected chi connectivity index (χ0v) is 10.9. The van der Waals surface area contributed by atoms with Gasteiger partial charge in [0.15, 0.2) is 0 Å². The molecular weight excluding hydrogens is 270 g/mol. The highest BCUT2D eigenvalue weighted by Crippen LogP contribution is 2.16. The van der Waals surface area contributed by atoms with Crippen molar-refractivity contribution >= 4 is 29.1 Å². The van der Waals surface area contributed by atoms with Gasteiger partial charge in [-0.2, -0.15) is 0 Å². The van der Waals surface area contributed by atoms with E-state index in [-0.39, 0.29) is 18.9 Å². The predicted octanol–water partition coefficient (Wildman–Crippen LogP) is 1.50. The molecule has 0 aliphatic carbocycles. The average Bonchev–Trinajstić information content (AvgIpc) is 2.63.